The SMILES string of the molecule is Cc1nn(CCC#N)c(C)c1C1C=CC(NC(=O)COCC(=O)O)C1. The standard InChI is InChI=1S/C17H22N4O4/c1-11-17(12(2)21(20-11)7-3-6-18)13-4-5-14(8-13)19-15(22)9-25-10-16(23)24/h4-5,13-14H,3,7-10H2,1-2H3,(H,19,22)(H,23,24). The molecular weight excluding hydrogens is 324 g/mol. The number of aromatic nitrogens is 2. The molecular formula is C17H22N4O4. The summed E-state index contributed by atoms with van der Waals surface area (Å²) in [6, 6.07) is 2.00. The topological polar surface area (TPSA) is 117 Å². The highest BCUT2D eigenvalue weighted by Crippen LogP contribution is 2.33. The van der Waals surface area contributed by atoms with Gasteiger partial charge in [0.05, 0.1) is 24.7 Å². The zero-order chi connectivity index (χ0) is 18.4. The molecule has 1 heterocycles. The van der Waals surface area contributed by atoms with E-state index in [9.17, 15) is 9.59 Å². The lowest BCUT2D eigenvalue weighted by molar-refractivity contribution is -0.143. The lowest BCUT2D eigenvalue weighted by atomic mass is 9.96. The first kappa shape index (κ1) is 18.7. The highest BCUT2D eigenvalue weighted by atomic mass is 16.5. The molecule has 0 bridgehead atoms. The lowest BCUT2D eigenvalue weighted by Gasteiger charge is -2.14. The molecule has 8 nitrogen and oxygen atoms in total. The number of nitriles is 1. The van der Waals surface area contributed by atoms with Crippen molar-refractivity contribution >= 4 is 11.9 Å². The van der Waals surface area contributed by atoms with E-state index < -0.39 is 12.6 Å². The Bertz CT molecular complexity index is 717. The van der Waals surface area contributed by atoms with E-state index in [1.54, 1.807) is 0 Å². The summed E-state index contributed by atoms with van der Waals surface area (Å²) < 4.78 is 6.64. The number of aliphatic carboxylic acids is 1. The van der Waals surface area contributed by atoms with Crippen molar-refractivity contribution in [1.29, 1.82) is 5.26 Å². The van der Waals surface area contributed by atoms with Gasteiger partial charge in [0.25, 0.3) is 0 Å². The van der Waals surface area contributed by atoms with Crippen molar-refractivity contribution in [2.45, 2.75) is 45.2 Å². The molecule has 1 aliphatic rings. The Hall–Kier alpha value is -2.66. The Labute approximate surface area is 146 Å². The number of nitrogens with one attached hydrogen (secondary N) is 1. The quantitative estimate of drug-likeness (QED) is 0.679. The van der Waals surface area contributed by atoms with Crippen LogP contribution in [-0.4, -0.2) is 46.0 Å². The van der Waals surface area contributed by atoms with Gasteiger partial charge in [-0.1, -0.05) is 12.2 Å². The number of nitrogens with zero attached hydrogens (tertiary/aromatic N) is 3. The number of ether oxygens (including phenoxy) is 1. The van der Waals surface area contributed by atoms with E-state index in [0.29, 0.717) is 13.0 Å². The van der Waals surface area contributed by atoms with Crippen LogP contribution in [0.2, 0.25) is 0 Å². The van der Waals surface area contributed by atoms with Gasteiger partial charge in [0, 0.05) is 23.2 Å². The van der Waals surface area contributed by atoms with Crippen LogP contribution >= 0.6 is 0 Å². The zero-order valence-corrected chi connectivity index (χ0v) is 14.4. The first-order chi connectivity index (χ1) is 11.9. The normalized spacial score (nSPS) is 18.9. The van der Waals surface area contributed by atoms with Gasteiger partial charge in [0.1, 0.15) is 13.2 Å². The molecule has 0 saturated heterocycles. The maximum absolute atomic E-state index is 11.8. The van der Waals surface area contributed by atoms with Crippen LogP contribution in [0.1, 0.15) is 35.7 Å². The second-order valence-corrected chi connectivity index (χ2v) is 6.00. The molecule has 2 N–H and O–H groups in total. The summed E-state index contributed by atoms with van der Waals surface area (Å²) in [4.78, 5) is 22.1. The van der Waals surface area contributed by atoms with Gasteiger partial charge in [0.15, 0.2) is 0 Å². The molecule has 0 aliphatic heterocycles. The lowest BCUT2D eigenvalue weighted by Crippen LogP contribution is -2.35. The van der Waals surface area contributed by atoms with E-state index in [1.165, 1.54) is 0 Å². The van der Waals surface area contributed by atoms with Crippen LogP contribution in [0, 0.1) is 25.2 Å². The molecule has 25 heavy (non-hydrogen) atoms. The Morgan fingerprint density at radius 1 is 1.44 bits per heavy atom. The van der Waals surface area contributed by atoms with Gasteiger partial charge in [-0.3, -0.25) is 9.48 Å². The van der Waals surface area contributed by atoms with Crippen LogP contribution in [0.25, 0.3) is 0 Å². The Kier molecular flexibility index (Phi) is 6.31. The fraction of sp³-hybridized carbons (Fsp3) is 0.529. The first-order valence-corrected chi connectivity index (χ1v) is 8.10. The van der Waals surface area contributed by atoms with Gasteiger partial charge in [-0.2, -0.15) is 10.4 Å². The molecule has 2 atom stereocenters. The van der Waals surface area contributed by atoms with Crippen molar-refractivity contribution in [1.82, 2.24) is 15.1 Å². The molecule has 2 unspecified atom stereocenters. The van der Waals surface area contributed by atoms with Crippen molar-refractivity contribution in [2.24, 2.45) is 0 Å². The third-order valence-corrected chi connectivity index (χ3v) is 4.13. The molecule has 8 heteroatoms. The van der Waals surface area contributed by atoms with Gasteiger partial charge in [0.2, 0.25) is 5.91 Å². The largest absolute Gasteiger partial charge is 0.480 e. The molecule has 134 valence electrons. The fourth-order valence-corrected chi connectivity index (χ4v) is 3.12. The monoisotopic (exact) mass is 346 g/mol. The summed E-state index contributed by atoms with van der Waals surface area (Å²) >= 11 is 0. The minimum absolute atomic E-state index is 0.118. The summed E-state index contributed by atoms with van der Waals surface area (Å²) in [7, 11) is 0. The zero-order valence-electron chi connectivity index (χ0n) is 14.4. The predicted octanol–water partition coefficient (Wildman–Crippen LogP) is 1.04. The van der Waals surface area contributed by atoms with Crippen LogP contribution in [-0.2, 0) is 20.9 Å². The number of carboxylic acids is 1. The maximum atomic E-state index is 11.8. The van der Waals surface area contributed by atoms with Crippen LogP contribution in [0.5, 0.6) is 0 Å². The number of allylic oxidation sites excluding steroid dienone is 1. The number of hydrogen-bond acceptors (Lipinski definition) is 5. The van der Waals surface area contributed by atoms with Gasteiger partial charge in [-0.25, -0.2) is 4.79 Å². The highest BCUT2D eigenvalue weighted by molar-refractivity contribution is 5.78. The summed E-state index contributed by atoms with van der Waals surface area (Å²) in [5.41, 5.74) is 3.11. The van der Waals surface area contributed by atoms with Crippen LogP contribution in [0.15, 0.2) is 12.2 Å². The van der Waals surface area contributed by atoms with E-state index in [1.807, 2.05) is 24.6 Å². The van der Waals surface area contributed by atoms with E-state index in [4.69, 9.17) is 15.1 Å². The predicted molar refractivity (Wildman–Crippen MR) is 88.8 cm³/mol. The minimum atomic E-state index is -1.10. The number of hydrogen-bond donors (Lipinski definition) is 2. The maximum Gasteiger partial charge on any atom is 0.329 e. The number of aryl methyl sites for hydroxylation is 2. The minimum Gasteiger partial charge on any atom is -0.480 e. The van der Waals surface area contributed by atoms with E-state index in [0.717, 1.165) is 23.4 Å². The highest BCUT2D eigenvalue weighted by Gasteiger charge is 2.26. The Balaban J connectivity index is 1.92. The fourth-order valence-electron chi connectivity index (χ4n) is 3.12. The molecule has 0 saturated carbocycles. The molecule has 1 aromatic heterocycles. The second kappa shape index (κ2) is 8.44. The van der Waals surface area contributed by atoms with Crippen molar-refractivity contribution in [3.8, 4) is 6.07 Å². The number of carbonyl (C=O) groups excluding carboxylic acids is 1. The van der Waals surface area contributed by atoms with Crippen molar-refractivity contribution < 1.29 is 19.4 Å². The molecule has 1 aliphatic carbocycles. The summed E-state index contributed by atoms with van der Waals surface area (Å²) in [5, 5.41) is 24.5. The second-order valence-electron chi connectivity index (χ2n) is 6.00. The number of carboxylic acid groups (broad SMARTS) is 1. The molecule has 1 amide bonds. The molecule has 0 radical (unpaired) electrons. The Morgan fingerprint density at radius 2 is 2.20 bits per heavy atom. The molecule has 1 aromatic rings. The molecule has 0 aromatic carbocycles. The van der Waals surface area contributed by atoms with Gasteiger partial charge < -0.3 is 15.2 Å². The summed E-state index contributed by atoms with van der Waals surface area (Å²) in [5.74, 6) is -1.29. The number of carbonyl (C=O) groups is 2. The first-order valence-electron chi connectivity index (χ1n) is 8.10. The van der Waals surface area contributed by atoms with Gasteiger partial charge in [-0.15, -0.1) is 0 Å². The van der Waals surface area contributed by atoms with Gasteiger partial charge in [-0.05, 0) is 20.3 Å². The van der Waals surface area contributed by atoms with E-state index >= 15 is 0 Å². The smallest absolute Gasteiger partial charge is 0.329 e. The van der Waals surface area contributed by atoms with Crippen molar-refractivity contribution in [3.05, 3.63) is 29.1 Å². The number of rotatable bonds is 8. The third kappa shape index (κ3) is 4.90. The summed E-state index contributed by atoms with van der Waals surface area (Å²) in [6.07, 6.45) is 5.12. The molecule has 2 rings (SSSR count). The average molecular weight is 346 g/mol. The van der Waals surface area contributed by atoms with E-state index in [2.05, 4.69) is 22.6 Å². The van der Waals surface area contributed by atoms with E-state index in [-0.39, 0.29) is 24.5 Å². The van der Waals surface area contributed by atoms with Crippen LogP contribution in [0.3, 0.4) is 0 Å². The summed E-state index contributed by atoms with van der Waals surface area (Å²) in [6.45, 7) is 3.75. The average Bonchev–Trinajstić information content (AvgIpc) is 3.09. The van der Waals surface area contributed by atoms with Crippen LogP contribution < -0.4 is 5.32 Å². The third-order valence-electron chi connectivity index (χ3n) is 4.13. The molecule has 0 spiro atoms. The number of amides is 1. The molecule has 0 fully saturated rings. The van der Waals surface area contributed by atoms with Crippen molar-refractivity contribution in [3.63, 3.8) is 0 Å². The van der Waals surface area contributed by atoms with Crippen LogP contribution in [0.4, 0.5) is 0 Å². The van der Waals surface area contributed by atoms with Crippen molar-refractivity contribution in [2.75, 3.05) is 13.2 Å². The Morgan fingerprint density at radius 3 is 2.88 bits per heavy atom. The van der Waals surface area contributed by atoms with Gasteiger partial charge >= 0.3 is 5.97 Å².